The van der Waals surface area contributed by atoms with Crippen molar-refractivity contribution < 1.29 is 14.5 Å². The summed E-state index contributed by atoms with van der Waals surface area (Å²) >= 11 is 0. The van der Waals surface area contributed by atoms with Crippen LogP contribution in [-0.4, -0.2) is 31.7 Å². The number of non-ortho nitro benzene ring substituents is 1. The van der Waals surface area contributed by atoms with Crippen molar-refractivity contribution in [2.45, 2.75) is 33.2 Å². The molecule has 1 aromatic heterocycles. The van der Waals surface area contributed by atoms with Crippen molar-refractivity contribution in [3.63, 3.8) is 0 Å². The molecule has 0 fully saturated rings. The molecule has 2 N–H and O–H groups in total. The van der Waals surface area contributed by atoms with E-state index in [1.54, 1.807) is 31.2 Å². The van der Waals surface area contributed by atoms with Gasteiger partial charge in [-0.05, 0) is 37.1 Å². The number of hydrogen-bond donors (Lipinski definition) is 2. The lowest BCUT2D eigenvalue weighted by Gasteiger charge is -2.07. The van der Waals surface area contributed by atoms with Gasteiger partial charge in [0.05, 0.1) is 16.3 Å². The minimum Gasteiger partial charge on any atom is -0.347 e. The second-order valence-corrected chi connectivity index (χ2v) is 6.89. The molecule has 0 bridgehead atoms. The number of aromatic nitrogens is 3. The van der Waals surface area contributed by atoms with Crippen molar-refractivity contribution in [1.82, 2.24) is 20.3 Å². The maximum atomic E-state index is 12.6. The van der Waals surface area contributed by atoms with Gasteiger partial charge >= 0.3 is 0 Å². The molecule has 31 heavy (non-hydrogen) atoms. The van der Waals surface area contributed by atoms with Gasteiger partial charge in [-0.15, -0.1) is 5.10 Å². The lowest BCUT2D eigenvalue weighted by atomic mass is 10.2. The Bertz CT molecular complexity index is 1110. The normalized spacial score (nSPS) is 10.5. The van der Waals surface area contributed by atoms with Gasteiger partial charge in [0.1, 0.15) is 0 Å². The van der Waals surface area contributed by atoms with Gasteiger partial charge in [0, 0.05) is 30.8 Å². The molecule has 0 atom stereocenters. The van der Waals surface area contributed by atoms with Crippen LogP contribution in [0.5, 0.6) is 0 Å². The molecule has 0 saturated carbocycles. The number of carbonyl (C=O) groups excluding carboxylic acids is 2. The smallest absolute Gasteiger partial charge is 0.274 e. The van der Waals surface area contributed by atoms with E-state index >= 15 is 0 Å². The lowest BCUT2D eigenvalue weighted by Crippen LogP contribution is -2.24. The van der Waals surface area contributed by atoms with Crippen molar-refractivity contribution in [3.05, 3.63) is 75.6 Å². The molecule has 2 amide bonds. The maximum absolute atomic E-state index is 12.6. The van der Waals surface area contributed by atoms with Crippen LogP contribution in [0.3, 0.4) is 0 Å². The minimum absolute atomic E-state index is 0.0362. The number of hydrogen-bond acceptors (Lipinski definition) is 6. The summed E-state index contributed by atoms with van der Waals surface area (Å²) in [5.74, 6) is -0.444. The van der Waals surface area contributed by atoms with E-state index in [1.165, 1.54) is 16.8 Å². The van der Waals surface area contributed by atoms with E-state index in [1.807, 2.05) is 19.1 Å². The molecule has 10 nitrogen and oxygen atoms in total. The van der Waals surface area contributed by atoms with Gasteiger partial charge in [-0.25, -0.2) is 4.68 Å². The summed E-state index contributed by atoms with van der Waals surface area (Å²) in [5.41, 5.74) is 2.52. The summed E-state index contributed by atoms with van der Waals surface area (Å²) in [6.07, 6.45) is 1.25. The van der Waals surface area contributed by atoms with Crippen molar-refractivity contribution in [2.24, 2.45) is 0 Å². The Labute approximate surface area is 178 Å². The van der Waals surface area contributed by atoms with Crippen LogP contribution in [0.15, 0.2) is 48.5 Å². The third-order valence-corrected chi connectivity index (χ3v) is 4.56. The number of nitrogens with one attached hydrogen (secondary N) is 2. The largest absolute Gasteiger partial charge is 0.347 e. The summed E-state index contributed by atoms with van der Waals surface area (Å²) in [6, 6.07) is 13.1. The summed E-state index contributed by atoms with van der Waals surface area (Å²) < 4.78 is 1.38. The number of rotatable bonds is 8. The van der Waals surface area contributed by atoms with Gasteiger partial charge in [0.25, 0.3) is 11.6 Å². The molecule has 0 spiro atoms. The number of anilines is 1. The van der Waals surface area contributed by atoms with Crippen molar-refractivity contribution in [3.8, 4) is 5.69 Å². The summed E-state index contributed by atoms with van der Waals surface area (Å²) in [7, 11) is 0. The molecule has 0 aliphatic rings. The summed E-state index contributed by atoms with van der Waals surface area (Å²) in [6.45, 7) is 3.88. The Balaban J connectivity index is 1.65. The van der Waals surface area contributed by atoms with Crippen LogP contribution < -0.4 is 10.6 Å². The fourth-order valence-electron chi connectivity index (χ4n) is 2.95. The van der Waals surface area contributed by atoms with Crippen LogP contribution in [0.2, 0.25) is 0 Å². The molecule has 0 unspecified atom stereocenters. The number of nitrogens with zero attached hydrogens (tertiary/aromatic N) is 4. The van der Waals surface area contributed by atoms with Crippen LogP contribution in [-0.2, 0) is 11.3 Å². The number of carbonyl (C=O) groups is 2. The number of amides is 2. The number of benzene rings is 2. The second kappa shape index (κ2) is 9.61. The molecular formula is C21H22N6O4. The van der Waals surface area contributed by atoms with Crippen LogP contribution >= 0.6 is 0 Å². The minimum atomic E-state index is -0.496. The molecule has 3 rings (SSSR count). The van der Waals surface area contributed by atoms with Gasteiger partial charge < -0.3 is 10.6 Å². The SMILES string of the molecule is CCCC(=O)Nc1ccc(CNC(=O)c2nnn(-c3cccc([N+](=O)[O-])c3)c2C)cc1. The Morgan fingerprint density at radius 2 is 1.90 bits per heavy atom. The molecule has 0 saturated heterocycles. The Kier molecular flexibility index (Phi) is 6.71. The molecule has 3 aromatic rings. The van der Waals surface area contributed by atoms with Crippen molar-refractivity contribution >= 4 is 23.2 Å². The van der Waals surface area contributed by atoms with E-state index in [4.69, 9.17) is 0 Å². The second-order valence-electron chi connectivity index (χ2n) is 6.89. The Morgan fingerprint density at radius 3 is 2.58 bits per heavy atom. The maximum Gasteiger partial charge on any atom is 0.274 e. The first kappa shape index (κ1) is 21.6. The van der Waals surface area contributed by atoms with E-state index in [9.17, 15) is 19.7 Å². The van der Waals surface area contributed by atoms with E-state index in [2.05, 4.69) is 20.9 Å². The quantitative estimate of drug-likeness (QED) is 0.423. The molecule has 2 aromatic carbocycles. The highest BCUT2D eigenvalue weighted by Gasteiger charge is 2.18. The predicted octanol–water partition coefficient (Wildman–Crippen LogP) is 3.15. The fourth-order valence-corrected chi connectivity index (χ4v) is 2.95. The molecule has 0 aliphatic carbocycles. The molecule has 160 valence electrons. The summed E-state index contributed by atoms with van der Waals surface area (Å²) in [5, 5.41) is 24.5. The van der Waals surface area contributed by atoms with E-state index in [0.717, 1.165) is 12.0 Å². The first-order chi connectivity index (χ1) is 14.9. The molecule has 0 aliphatic heterocycles. The van der Waals surface area contributed by atoms with Gasteiger partial charge in [0.2, 0.25) is 5.91 Å². The average molecular weight is 422 g/mol. The van der Waals surface area contributed by atoms with Gasteiger partial charge in [-0.3, -0.25) is 19.7 Å². The lowest BCUT2D eigenvalue weighted by molar-refractivity contribution is -0.384. The third-order valence-electron chi connectivity index (χ3n) is 4.56. The average Bonchev–Trinajstić information content (AvgIpc) is 3.14. The zero-order valence-electron chi connectivity index (χ0n) is 17.2. The zero-order valence-corrected chi connectivity index (χ0v) is 17.2. The van der Waals surface area contributed by atoms with E-state index in [-0.39, 0.29) is 23.8 Å². The zero-order chi connectivity index (χ0) is 22.4. The van der Waals surface area contributed by atoms with Gasteiger partial charge in [-0.2, -0.15) is 0 Å². The molecule has 10 heteroatoms. The van der Waals surface area contributed by atoms with Crippen LogP contribution in [0, 0.1) is 17.0 Å². The Morgan fingerprint density at radius 1 is 1.16 bits per heavy atom. The number of nitro groups is 1. The van der Waals surface area contributed by atoms with Crippen LogP contribution in [0.1, 0.15) is 41.5 Å². The van der Waals surface area contributed by atoms with E-state index < -0.39 is 10.8 Å². The van der Waals surface area contributed by atoms with Gasteiger partial charge in [0.15, 0.2) is 5.69 Å². The van der Waals surface area contributed by atoms with Crippen LogP contribution in [0.4, 0.5) is 11.4 Å². The fraction of sp³-hybridized carbons (Fsp3) is 0.238. The van der Waals surface area contributed by atoms with Crippen LogP contribution in [0.25, 0.3) is 5.69 Å². The molecule has 0 radical (unpaired) electrons. The third kappa shape index (κ3) is 5.30. The number of nitro benzene ring substituents is 1. The molecular weight excluding hydrogens is 400 g/mol. The topological polar surface area (TPSA) is 132 Å². The first-order valence-electron chi connectivity index (χ1n) is 9.73. The predicted molar refractivity (Wildman–Crippen MR) is 114 cm³/mol. The first-order valence-corrected chi connectivity index (χ1v) is 9.73. The molecule has 1 heterocycles. The van der Waals surface area contributed by atoms with E-state index in [0.29, 0.717) is 23.5 Å². The highest BCUT2D eigenvalue weighted by molar-refractivity contribution is 5.93. The summed E-state index contributed by atoms with van der Waals surface area (Å²) in [4.78, 5) is 34.7. The van der Waals surface area contributed by atoms with Gasteiger partial charge in [-0.1, -0.05) is 30.3 Å². The Hall–Kier alpha value is -4.08. The highest BCUT2D eigenvalue weighted by Crippen LogP contribution is 2.18. The standard InChI is InChI=1S/C21H22N6O4/c1-3-5-19(28)23-16-10-8-15(9-11-16)13-22-21(29)20-14(2)26(25-24-20)17-6-4-7-18(12-17)27(30)31/h4,6-12H,3,5,13H2,1-2H3,(H,22,29)(H,23,28). The van der Waals surface area contributed by atoms with Crippen molar-refractivity contribution in [2.75, 3.05) is 5.32 Å². The van der Waals surface area contributed by atoms with Crippen molar-refractivity contribution in [1.29, 1.82) is 0 Å². The monoisotopic (exact) mass is 422 g/mol. The highest BCUT2D eigenvalue weighted by atomic mass is 16.6.